The number of carbonyl (C=O) groups is 2. The van der Waals surface area contributed by atoms with Crippen LogP contribution in [0, 0.1) is 5.82 Å². The Labute approximate surface area is 188 Å². The second-order valence-corrected chi connectivity index (χ2v) is 8.07. The number of likely N-dealkylation sites (tertiary alicyclic amines) is 1. The standard InChI is InChI=1S/C21H23ClFN7O2/c1-12(21(32)24-5-3-7-30-6-2-4-17(30)31)28-20-16(23)11-27-19(29-20)15-10-26-18-14(15)8-13(22)9-25-18/h8-12H,2-7H2,1H3,(H,24,32)(H,25,26)(H,27,28,29)/t12-/m0/s1. The normalized spacial score (nSPS) is 14.7. The van der Waals surface area contributed by atoms with E-state index in [0.717, 1.165) is 19.2 Å². The van der Waals surface area contributed by atoms with Gasteiger partial charge >= 0.3 is 0 Å². The van der Waals surface area contributed by atoms with Gasteiger partial charge in [-0.15, -0.1) is 0 Å². The van der Waals surface area contributed by atoms with Crippen LogP contribution in [0.3, 0.4) is 0 Å². The van der Waals surface area contributed by atoms with E-state index in [1.165, 1.54) is 6.20 Å². The topological polar surface area (TPSA) is 116 Å². The van der Waals surface area contributed by atoms with Crippen LogP contribution in [0.2, 0.25) is 5.02 Å². The van der Waals surface area contributed by atoms with Crippen LogP contribution in [0.5, 0.6) is 0 Å². The molecule has 0 aromatic carbocycles. The Hall–Kier alpha value is -3.27. The molecule has 11 heteroatoms. The second-order valence-electron chi connectivity index (χ2n) is 7.64. The van der Waals surface area contributed by atoms with Gasteiger partial charge in [-0.1, -0.05) is 11.6 Å². The summed E-state index contributed by atoms with van der Waals surface area (Å²) in [5, 5.41) is 6.77. The number of carbonyl (C=O) groups excluding carboxylic acids is 2. The van der Waals surface area contributed by atoms with Gasteiger partial charge in [0.1, 0.15) is 11.7 Å². The molecule has 1 aliphatic heterocycles. The van der Waals surface area contributed by atoms with Gasteiger partial charge in [-0.25, -0.2) is 19.3 Å². The summed E-state index contributed by atoms with van der Waals surface area (Å²) < 4.78 is 14.3. The molecule has 3 aromatic rings. The van der Waals surface area contributed by atoms with Gasteiger partial charge in [0.05, 0.1) is 11.2 Å². The first-order chi connectivity index (χ1) is 15.4. The van der Waals surface area contributed by atoms with Crippen molar-refractivity contribution in [3.8, 4) is 11.4 Å². The Kier molecular flexibility index (Phi) is 6.50. The van der Waals surface area contributed by atoms with E-state index in [4.69, 9.17) is 11.6 Å². The van der Waals surface area contributed by atoms with Crippen LogP contribution >= 0.6 is 11.6 Å². The van der Waals surface area contributed by atoms with Gasteiger partial charge in [0.15, 0.2) is 17.5 Å². The first-order valence-electron chi connectivity index (χ1n) is 10.4. The van der Waals surface area contributed by atoms with E-state index in [-0.39, 0.29) is 23.5 Å². The molecule has 1 saturated heterocycles. The van der Waals surface area contributed by atoms with E-state index < -0.39 is 11.9 Å². The van der Waals surface area contributed by atoms with E-state index >= 15 is 0 Å². The van der Waals surface area contributed by atoms with Gasteiger partial charge < -0.3 is 20.5 Å². The number of aromatic nitrogens is 4. The number of pyridine rings is 1. The van der Waals surface area contributed by atoms with Crippen LogP contribution in [0.15, 0.2) is 24.7 Å². The number of fused-ring (bicyclic) bond motifs is 1. The van der Waals surface area contributed by atoms with Crippen molar-refractivity contribution in [2.45, 2.75) is 32.2 Å². The van der Waals surface area contributed by atoms with Gasteiger partial charge in [0.2, 0.25) is 11.8 Å². The van der Waals surface area contributed by atoms with Crippen LogP contribution < -0.4 is 10.6 Å². The van der Waals surface area contributed by atoms with Gasteiger partial charge in [0.25, 0.3) is 0 Å². The first kappa shape index (κ1) is 21.9. The van der Waals surface area contributed by atoms with Crippen LogP contribution in [-0.4, -0.2) is 62.3 Å². The Balaban J connectivity index is 1.38. The maximum atomic E-state index is 14.3. The molecule has 4 heterocycles. The van der Waals surface area contributed by atoms with Crippen LogP contribution in [0.4, 0.5) is 10.2 Å². The minimum Gasteiger partial charge on any atom is -0.356 e. The smallest absolute Gasteiger partial charge is 0.242 e. The number of amides is 2. The molecule has 0 bridgehead atoms. The average Bonchev–Trinajstić information content (AvgIpc) is 3.38. The Bertz CT molecular complexity index is 1150. The van der Waals surface area contributed by atoms with Gasteiger partial charge in [-0.05, 0) is 25.8 Å². The Morgan fingerprint density at radius 1 is 1.38 bits per heavy atom. The minimum atomic E-state index is -0.722. The van der Waals surface area contributed by atoms with Gasteiger partial charge in [-0.3, -0.25) is 9.59 Å². The fourth-order valence-corrected chi connectivity index (χ4v) is 3.76. The van der Waals surface area contributed by atoms with Gasteiger partial charge in [0, 0.05) is 49.4 Å². The lowest BCUT2D eigenvalue weighted by Crippen LogP contribution is -2.39. The number of hydrogen-bond donors (Lipinski definition) is 3. The monoisotopic (exact) mass is 459 g/mol. The lowest BCUT2D eigenvalue weighted by molar-refractivity contribution is -0.127. The molecule has 2 amide bonds. The molecule has 1 fully saturated rings. The molecular weight excluding hydrogens is 437 g/mol. The van der Waals surface area contributed by atoms with Crippen molar-refractivity contribution in [1.82, 2.24) is 30.2 Å². The molecule has 0 unspecified atom stereocenters. The summed E-state index contributed by atoms with van der Waals surface area (Å²) in [6, 6.07) is 1.00. The van der Waals surface area contributed by atoms with E-state index in [1.807, 2.05) is 0 Å². The van der Waals surface area contributed by atoms with Crippen molar-refractivity contribution in [2.75, 3.05) is 25.0 Å². The van der Waals surface area contributed by atoms with Crippen molar-refractivity contribution in [2.24, 2.45) is 0 Å². The van der Waals surface area contributed by atoms with Crippen LogP contribution in [0.25, 0.3) is 22.4 Å². The molecule has 168 valence electrons. The maximum Gasteiger partial charge on any atom is 0.242 e. The van der Waals surface area contributed by atoms with Gasteiger partial charge in [-0.2, -0.15) is 0 Å². The number of halogens is 2. The SMILES string of the molecule is C[C@H](Nc1nc(-c2c[nH]c3ncc(Cl)cc23)ncc1F)C(=O)NCCCN1CCCC1=O. The predicted molar refractivity (Wildman–Crippen MR) is 119 cm³/mol. The quantitative estimate of drug-likeness (QED) is 0.446. The highest BCUT2D eigenvalue weighted by atomic mass is 35.5. The zero-order valence-corrected chi connectivity index (χ0v) is 18.2. The summed E-state index contributed by atoms with van der Waals surface area (Å²) in [5.41, 5.74) is 1.22. The summed E-state index contributed by atoms with van der Waals surface area (Å²) in [5.74, 6) is -0.608. The highest BCUT2D eigenvalue weighted by Gasteiger charge is 2.20. The molecule has 1 aliphatic rings. The summed E-state index contributed by atoms with van der Waals surface area (Å²) >= 11 is 6.04. The third-order valence-electron chi connectivity index (χ3n) is 5.30. The second kappa shape index (κ2) is 9.47. The molecule has 0 radical (unpaired) electrons. The van der Waals surface area contributed by atoms with Crippen LogP contribution in [-0.2, 0) is 9.59 Å². The molecule has 0 saturated carbocycles. The molecule has 0 spiro atoms. The van der Waals surface area contributed by atoms with Crippen molar-refractivity contribution in [3.05, 3.63) is 35.5 Å². The summed E-state index contributed by atoms with van der Waals surface area (Å²) in [6.07, 6.45) is 6.40. The lowest BCUT2D eigenvalue weighted by Gasteiger charge is -2.17. The fourth-order valence-electron chi connectivity index (χ4n) is 3.61. The zero-order valence-electron chi connectivity index (χ0n) is 17.5. The number of nitrogens with zero attached hydrogens (tertiary/aromatic N) is 4. The predicted octanol–water partition coefficient (Wildman–Crippen LogP) is 2.74. The first-order valence-corrected chi connectivity index (χ1v) is 10.8. The molecule has 3 N–H and O–H groups in total. The molecule has 9 nitrogen and oxygen atoms in total. The fraction of sp³-hybridized carbons (Fsp3) is 0.381. The summed E-state index contributed by atoms with van der Waals surface area (Å²) in [4.78, 5) is 41.3. The maximum absolute atomic E-state index is 14.3. The van der Waals surface area contributed by atoms with E-state index in [9.17, 15) is 14.0 Å². The molecule has 1 atom stereocenters. The Morgan fingerprint density at radius 3 is 3.00 bits per heavy atom. The summed E-state index contributed by atoms with van der Waals surface area (Å²) in [6.45, 7) is 3.44. The third kappa shape index (κ3) is 4.80. The summed E-state index contributed by atoms with van der Waals surface area (Å²) in [7, 11) is 0. The number of aromatic amines is 1. The van der Waals surface area contributed by atoms with Crippen molar-refractivity contribution in [3.63, 3.8) is 0 Å². The third-order valence-corrected chi connectivity index (χ3v) is 5.51. The number of H-pyrrole nitrogens is 1. The Morgan fingerprint density at radius 2 is 2.22 bits per heavy atom. The number of hydrogen-bond acceptors (Lipinski definition) is 6. The highest BCUT2D eigenvalue weighted by molar-refractivity contribution is 6.31. The van der Waals surface area contributed by atoms with Crippen molar-refractivity contribution >= 4 is 40.3 Å². The molecular formula is C21H23ClFN7O2. The largest absolute Gasteiger partial charge is 0.356 e. The highest BCUT2D eigenvalue weighted by Crippen LogP contribution is 2.28. The lowest BCUT2D eigenvalue weighted by atomic mass is 10.2. The van der Waals surface area contributed by atoms with Crippen LogP contribution in [0.1, 0.15) is 26.2 Å². The number of rotatable bonds is 8. The molecule has 0 aliphatic carbocycles. The average molecular weight is 460 g/mol. The van der Waals surface area contributed by atoms with E-state index in [0.29, 0.717) is 47.6 Å². The molecule has 4 rings (SSSR count). The van der Waals surface area contributed by atoms with E-state index in [1.54, 1.807) is 24.1 Å². The van der Waals surface area contributed by atoms with Crippen molar-refractivity contribution in [1.29, 1.82) is 0 Å². The molecule has 3 aromatic heterocycles. The van der Waals surface area contributed by atoms with Crippen molar-refractivity contribution < 1.29 is 14.0 Å². The number of anilines is 1. The zero-order chi connectivity index (χ0) is 22.7. The minimum absolute atomic E-state index is 0.0790. The van der Waals surface area contributed by atoms with E-state index in [2.05, 4.69) is 30.6 Å². The number of nitrogens with one attached hydrogen (secondary N) is 3. The molecule has 32 heavy (non-hydrogen) atoms.